The Morgan fingerprint density at radius 3 is 2.37 bits per heavy atom. The molecule has 1 N–H and O–H groups in total. The molecule has 0 atom stereocenters. The van der Waals surface area contributed by atoms with Gasteiger partial charge < -0.3 is 5.32 Å². The fourth-order valence-electron chi connectivity index (χ4n) is 3.14. The lowest BCUT2D eigenvalue weighted by molar-refractivity contribution is -0.0882. The lowest BCUT2D eigenvalue weighted by atomic mass is 10.1. The number of amides is 1. The van der Waals surface area contributed by atoms with Crippen LogP contribution in [-0.2, 0) is 6.42 Å². The number of ketones is 1. The number of carbonyl (C=O) groups excluding carboxylic acids is 2. The van der Waals surface area contributed by atoms with Crippen LogP contribution in [0.4, 0.5) is 18.9 Å². The van der Waals surface area contributed by atoms with Crippen LogP contribution in [0.5, 0.6) is 0 Å². The zero-order valence-corrected chi connectivity index (χ0v) is 14.6. The molecule has 1 aliphatic carbocycles. The van der Waals surface area contributed by atoms with Crippen LogP contribution in [0.15, 0.2) is 54.6 Å². The number of hydrogen-bond acceptors (Lipinski definition) is 3. The lowest BCUT2D eigenvalue weighted by Gasteiger charge is -2.07. The molecule has 2 aromatic carbocycles. The summed E-state index contributed by atoms with van der Waals surface area (Å²) < 4.78 is 37.5. The normalized spacial score (nSPS) is 12.4. The largest absolute Gasteiger partial charge is 0.455 e. The predicted octanol–water partition coefficient (Wildman–Crippen LogP) is 5.32. The SMILES string of the molecule is O=C(Nc1ccc2c(c1)Cc1ccccc1-2)c1ccc(C(=O)C(F)(F)F)s1. The van der Waals surface area contributed by atoms with E-state index < -0.39 is 22.7 Å². The minimum absolute atomic E-state index is 0.0476. The van der Waals surface area contributed by atoms with E-state index in [-0.39, 0.29) is 4.88 Å². The average Bonchev–Trinajstić information content (AvgIpc) is 3.24. The summed E-state index contributed by atoms with van der Waals surface area (Å²) in [5.74, 6) is -2.49. The van der Waals surface area contributed by atoms with Crippen LogP contribution in [-0.4, -0.2) is 17.9 Å². The maximum absolute atomic E-state index is 12.5. The summed E-state index contributed by atoms with van der Waals surface area (Å²) in [6.07, 6.45) is -4.19. The van der Waals surface area contributed by atoms with Gasteiger partial charge in [0, 0.05) is 5.69 Å². The number of benzene rings is 2. The average molecular weight is 387 g/mol. The van der Waals surface area contributed by atoms with Gasteiger partial charge >= 0.3 is 6.18 Å². The van der Waals surface area contributed by atoms with E-state index >= 15 is 0 Å². The van der Waals surface area contributed by atoms with Crippen molar-refractivity contribution in [3.63, 3.8) is 0 Å². The Morgan fingerprint density at radius 2 is 1.59 bits per heavy atom. The van der Waals surface area contributed by atoms with Crippen molar-refractivity contribution in [1.29, 1.82) is 0 Å². The van der Waals surface area contributed by atoms with Crippen molar-refractivity contribution in [1.82, 2.24) is 0 Å². The van der Waals surface area contributed by atoms with E-state index in [9.17, 15) is 22.8 Å². The molecule has 1 aromatic heterocycles. The van der Waals surface area contributed by atoms with E-state index in [2.05, 4.69) is 11.4 Å². The Labute approximate surface area is 156 Å². The number of fused-ring (bicyclic) bond motifs is 3. The van der Waals surface area contributed by atoms with Gasteiger partial charge in [-0.3, -0.25) is 9.59 Å². The number of carbonyl (C=O) groups is 2. The molecular formula is C20H12F3NO2S. The first kappa shape index (κ1) is 17.5. The van der Waals surface area contributed by atoms with Crippen molar-refractivity contribution in [2.24, 2.45) is 0 Å². The topological polar surface area (TPSA) is 46.2 Å². The molecule has 0 bridgehead atoms. The monoisotopic (exact) mass is 387 g/mol. The molecule has 1 amide bonds. The molecule has 1 heterocycles. The fraction of sp³-hybridized carbons (Fsp3) is 0.100. The third kappa shape index (κ3) is 3.26. The number of halogens is 3. The van der Waals surface area contributed by atoms with Gasteiger partial charge in [0.15, 0.2) is 0 Å². The molecular weight excluding hydrogens is 375 g/mol. The summed E-state index contributed by atoms with van der Waals surface area (Å²) in [7, 11) is 0. The summed E-state index contributed by atoms with van der Waals surface area (Å²) in [6.45, 7) is 0. The van der Waals surface area contributed by atoms with Crippen molar-refractivity contribution < 1.29 is 22.8 Å². The summed E-state index contributed by atoms with van der Waals surface area (Å²) >= 11 is 0.529. The van der Waals surface area contributed by atoms with Crippen LogP contribution in [0, 0.1) is 0 Å². The first-order valence-corrected chi connectivity index (χ1v) is 8.88. The van der Waals surface area contributed by atoms with E-state index in [1.54, 1.807) is 6.07 Å². The number of Topliss-reactive ketones (excluding diaryl/α,β-unsaturated/α-hetero) is 1. The summed E-state index contributed by atoms with van der Waals surface area (Å²) in [5.41, 5.74) is 5.12. The Bertz CT molecular complexity index is 1070. The third-order valence-electron chi connectivity index (χ3n) is 4.36. The molecule has 3 aromatic rings. The number of alkyl halides is 3. The Balaban J connectivity index is 1.52. The predicted molar refractivity (Wildman–Crippen MR) is 97.3 cm³/mol. The van der Waals surface area contributed by atoms with E-state index in [0.717, 1.165) is 23.6 Å². The van der Waals surface area contributed by atoms with Crippen LogP contribution >= 0.6 is 11.3 Å². The smallest absolute Gasteiger partial charge is 0.321 e. The van der Waals surface area contributed by atoms with E-state index in [1.807, 2.05) is 30.3 Å². The Hall–Kier alpha value is -2.93. The number of nitrogens with one attached hydrogen (secondary N) is 1. The highest BCUT2D eigenvalue weighted by Crippen LogP contribution is 2.37. The van der Waals surface area contributed by atoms with Crippen molar-refractivity contribution in [2.75, 3.05) is 5.32 Å². The molecule has 0 fully saturated rings. The summed E-state index contributed by atoms with van der Waals surface area (Å²) in [4.78, 5) is 23.1. The first-order valence-electron chi connectivity index (χ1n) is 8.07. The molecule has 4 rings (SSSR count). The molecule has 0 unspecified atom stereocenters. The Morgan fingerprint density at radius 1 is 0.889 bits per heavy atom. The second-order valence-electron chi connectivity index (χ2n) is 6.15. The Kier molecular flexibility index (Phi) is 4.11. The number of hydrogen-bond donors (Lipinski definition) is 1. The van der Waals surface area contributed by atoms with Gasteiger partial charge in [0.25, 0.3) is 11.7 Å². The zero-order chi connectivity index (χ0) is 19.2. The molecule has 1 aliphatic rings. The minimum Gasteiger partial charge on any atom is -0.321 e. The fourth-order valence-corrected chi connectivity index (χ4v) is 4.00. The highest BCUT2D eigenvalue weighted by Gasteiger charge is 2.40. The first-order chi connectivity index (χ1) is 12.8. The molecule has 0 spiro atoms. The quantitative estimate of drug-likeness (QED) is 0.484. The van der Waals surface area contributed by atoms with Crippen LogP contribution in [0.2, 0.25) is 0 Å². The molecule has 7 heteroatoms. The van der Waals surface area contributed by atoms with Crippen molar-refractivity contribution in [3.05, 3.63) is 75.5 Å². The molecule has 0 saturated heterocycles. The van der Waals surface area contributed by atoms with Crippen LogP contribution in [0.1, 0.15) is 30.5 Å². The standard InChI is InChI=1S/C20H12F3NO2S/c21-20(22,23)18(25)16-7-8-17(27-16)19(26)24-13-5-6-15-12(10-13)9-11-3-1-2-4-14(11)15/h1-8,10H,9H2,(H,24,26). The van der Waals surface area contributed by atoms with Crippen LogP contribution < -0.4 is 5.32 Å². The number of anilines is 1. The maximum atomic E-state index is 12.5. The molecule has 27 heavy (non-hydrogen) atoms. The van der Waals surface area contributed by atoms with Gasteiger partial charge in [-0.2, -0.15) is 13.2 Å². The molecule has 3 nitrogen and oxygen atoms in total. The van der Waals surface area contributed by atoms with Gasteiger partial charge in [-0.15, -0.1) is 11.3 Å². The van der Waals surface area contributed by atoms with Gasteiger partial charge in [-0.25, -0.2) is 0 Å². The van der Waals surface area contributed by atoms with E-state index in [0.29, 0.717) is 17.0 Å². The van der Waals surface area contributed by atoms with Crippen molar-refractivity contribution in [2.45, 2.75) is 12.6 Å². The van der Waals surface area contributed by atoms with Crippen LogP contribution in [0.25, 0.3) is 11.1 Å². The van der Waals surface area contributed by atoms with Crippen molar-refractivity contribution in [3.8, 4) is 11.1 Å². The molecule has 136 valence electrons. The number of rotatable bonds is 3. The highest BCUT2D eigenvalue weighted by atomic mass is 32.1. The molecule has 0 radical (unpaired) electrons. The van der Waals surface area contributed by atoms with E-state index in [4.69, 9.17) is 0 Å². The van der Waals surface area contributed by atoms with Gasteiger partial charge in [0.1, 0.15) is 0 Å². The molecule has 0 saturated carbocycles. The van der Waals surface area contributed by atoms with Crippen molar-refractivity contribution >= 4 is 28.7 Å². The van der Waals surface area contributed by atoms with E-state index in [1.165, 1.54) is 17.2 Å². The zero-order valence-electron chi connectivity index (χ0n) is 13.8. The van der Waals surface area contributed by atoms with Crippen LogP contribution in [0.3, 0.4) is 0 Å². The molecule has 0 aliphatic heterocycles. The van der Waals surface area contributed by atoms with Gasteiger partial charge in [0.2, 0.25) is 0 Å². The second-order valence-corrected chi connectivity index (χ2v) is 7.23. The summed E-state index contributed by atoms with van der Waals surface area (Å²) in [6, 6.07) is 15.8. The lowest BCUT2D eigenvalue weighted by Crippen LogP contribution is -2.21. The number of thiophene rings is 1. The highest BCUT2D eigenvalue weighted by molar-refractivity contribution is 7.16. The minimum atomic E-state index is -4.95. The van der Waals surface area contributed by atoms with Gasteiger partial charge in [-0.1, -0.05) is 30.3 Å². The van der Waals surface area contributed by atoms with Gasteiger partial charge in [-0.05, 0) is 52.9 Å². The van der Waals surface area contributed by atoms with Gasteiger partial charge in [0.05, 0.1) is 9.75 Å². The summed E-state index contributed by atoms with van der Waals surface area (Å²) in [5, 5.41) is 2.68. The third-order valence-corrected chi connectivity index (χ3v) is 5.45. The maximum Gasteiger partial charge on any atom is 0.455 e. The second kappa shape index (κ2) is 6.35.